The van der Waals surface area contributed by atoms with Crippen LogP contribution in [0.3, 0.4) is 0 Å². The van der Waals surface area contributed by atoms with Crippen molar-refractivity contribution in [2.45, 2.75) is 59.3 Å². The molecule has 0 aliphatic carbocycles. The van der Waals surface area contributed by atoms with E-state index in [4.69, 9.17) is 0 Å². The van der Waals surface area contributed by atoms with Gasteiger partial charge in [0.1, 0.15) is 5.82 Å². The Bertz CT molecular complexity index is 936. The van der Waals surface area contributed by atoms with Crippen molar-refractivity contribution in [2.75, 3.05) is 13.7 Å². The van der Waals surface area contributed by atoms with Gasteiger partial charge in [0.25, 0.3) is 5.91 Å². The van der Waals surface area contributed by atoms with E-state index in [0.717, 1.165) is 24.2 Å². The highest BCUT2D eigenvalue weighted by Crippen LogP contribution is 2.29. The number of nitrogens with zero attached hydrogens (tertiary/aromatic N) is 3. The minimum absolute atomic E-state index is 0.196. The summed E-state index contributed by atoms with van der Waals surface area (Å²) in [6, 6.07) is 3.49. The van der Waals surface area contributed by atoms with Crippen LogP contribution in [0, 0.1) is 17.0 Å². The van der Waals surface area contributed by atoms with E-state index < -0.39 is 17.7 Å². The maximum atomic E-state index is 13.9. The van der Waals surface area contributed by atoms with Gasteiger partial charge in [-0.1, -0.05) is 20.8 Å². The van der Waals surface area contributed by atoms with Crippen LogP contribution in [0.5, 0.6) is 0 Å². The van der Waals surface area contributed by atoms with E-state index in [0.29, 0.717) is 30.5 Å². The second kappa shape index (κ2) is 8.43. The molecule has 1 aliphatic rings. The fraction of sp³-hybridized carbons (Fsp3) is 0.545. The van der Waals surface area contributed by atoms with Crippen LogP contribution >= 0.6 is 0 Å². The Morgan fingerprint density at radius 2 is 2.03 bits per heavy atom. The second-order valence-corrected chi connectivity index (χ2v) is 9.14. The van der Waals surface area contributed by atoms with Crippen LogP contribution in [0.4, 0.5) is 8.78 Å². The number of aromatic nitrogens is 2. The Hall–Kier alpha value is -2.32. The van der Waals surface area contributed by atoms with Gasteiger partial charge < -0.3 is 15.0 Å². The number of nitrogens with one attached hydrogen (secondary N) is 1. The number of amides is 1. The maximum absolute atomic E-state index is 13.9. The number of fused-ring (bicyclic) bond motifs is 1. The van der Waals surface area contributed by atoms with Gasteiger partial charge in [-0.3, -0.25) is 9.69 Å². The molecule has 6 nitrogen and oxygen atoms in total. The number of aliphatic hydroxyl groups is 1. The number of imidazole rings is 1. The number of benzene rings is 1. The number of rotatable bonds is 4. The lowest BCUT2D eigenvalue weighted by molar-refractivity contribution is 0.0841. The van der Waals surface area contributed by atoms with Crippen molar-refractivity contribution in [3.8, 4) is 11.4 Å². The molecule has 164 valence electrons. The molecule has 2 N–H and O–H groups in total. The van der Waals surface area contributed by atoms with Gasteiger partial charge in [0.15, 0.2) is 17.3 Å². The van der Waals surface area contributed by atoms with E-state index in [1.54, 1.807) is 0 Å². The first-order chi connectivity index (χ1) is 14.0. The lowest BCUT2D eigenvalue weighted by Crippen LogP contribution is -2.46. The van der Waals surface area contributed by atoms with Crippen LogP contribution in [0.1, 0.15) is 50.3 Å². The number of halogens is 2. The molecule has 3 rings (SSSR count). The predicted octanol–water partition coefficient (Wildman–Crippen LogP) is 3.19. The van der Waals surface area contributed by atoms with E-state index in [2.05, 4.69) is 22.1 Å². The zero-order valence-corrected chi connectivity index (χ0v) is 18.2. The summed E-state index contributed by atoms with van der Waals surface area (Å²) < 4.78 is 29.3. The Morgan fingerprint density at radius 3 is 2.63 bits per heavy atom. The number of hydrogen-bond acceptors (Lipinski definition) is 4. The normalized spacial score (nSPS) is 18.6. The zero-order chi connectivity index (χ0) is 22.2. The molecule has 2 atom stereocenters. The van der Waals surface area contributed by atoms with Gasteiger partial charge in [0.05, 0.1) is 18.3 Å². The highest BCUT2D eigenvalue weighted by atomic mass is 19.2. The third kappa shape index (κ3) is 4.39. The molecule has 0 saturated carbocycles. The number of carbonyl (C=O) groups excluding carboxylic acids is 1. The smallest absolute Gasteiger partial charge is 0.272 e. The van der Waals surface area contributed by atoms with Crippen LogP contribution in [-0.2, 0) is 13.1 Å². The SMILES string of the molecule is CC1CCn2c(-c3ccc(F)c(F)c3)nc(C(=O)NC(CO)C(C)(C)C)c2CN1C. The minimum Gasteiger partial charge on any atom is -0.394 e. The second-order valence-electron chi connectivity index (χ2n) is 9.14. The van der Waals surface area contributed by atoms with Gasteiger partial charge in [-0.15, -0.1) is 0 Å². The van der Waals surface area contributed by atoms with Crippen molar-refractivity contribution >= 4 is 5.91 Å². The molecule has 1 aliphatic heterocycles. The van der Waals surface area contributed by atoms with Gasteiger partial charge in [-0.05, 0) is 44.0 Å². The van der Waals surface area contributed by atoms with Crippen molar-refractivity contribution < 1.29 is 18.7 Å². The average Bonchev–Trinajstić information content (AvgIpc) is 2.96. The first kappa shape index (κ1) is 22.4. The van der Waals surface area contributed by atoms with E-state index in [9.17, 15) is 18.7 Å². The van der Waals surface area contributed by atoms with Crippen molar-refractivity contribution in [1.82, 2.24) is 19.8 Å². The van der Waals surface area contributed by atoms with Gasteiger partial charge in [-0.25, -0.2) is 13.8 Å². The first-order valence-corrected chi connectivity index (χ1v) is 10.2. The lowest BCUT2D eigenvalue weighted by Gasteiger charge is -2.29. The molecule has 0 fully saturated rings. The molecule has 0 radical (unpaired) electrons. The molecule has 2 heterocycles. The van der Waals surface area contributed by atoms with E-state index in [1.165, 1.54) is 6.07 Å². The van der Waals surface area contributed by atoms with Gasteiger partial charge in [0.2, 0.25) is 0 Å². The molecule has 1 aromatic heterocycles. The van der Waals surface area contributed by atoms with Gasteiger partial charge in [0, 0.05) is 24.7 Å². The predicted molar refractivity (Wildman–Crippen MR) is 111 cm³/mol. The van der Waals surface area contributed by atoms with Crippen LogP contribution in [0.25, 0.3) is 11.4 Å². The van der Waals surface area contributed by atoms with Crippen LogP contribution in [0.15, 0.2) is 18.2 Å². The summed E-state index contributed by atoms with van der Waals surface area (Å²) in [5.74, 6) is -1.83. The Balaban J connectivity index is 2.08. The Kier molecular flexibility index (Phi) is 6.29. The summed E-state index contributed by atoms with van der Waals surface area (Å²) in [4.78, 5) is 19.8. The topological polar surface area (TPSA) is 70.4 Å². The lowest BCUT2D eigenvalue weighted by atomic mass is 9.87. The van der Waals surface area contributed by atoms with E-state index >= 15 is 0 Å². The first-order valence-electron chi connectivity index (χ1n) is 10.2. The average molecular weight is 421 g/mol. The summed E-state index contributed by atoms with van der Waals surface area (Å²) in [5, 5.41) is 12.6. The van der Waals surface area contributed by atoms with Crippen molar-refractivity contribution in [2.24, 2.45) is 5.41 Å². The molecule has 8 heteroatoms. The standard InChI is InChI=1S/C22H30F2N4O2/c1-13-8-9-28-17(11-27(13)5)19(21(30)25-18(12-29)22(2,3)4)26-20(28)14-6-7-15(23)16(24)10-14/h6-7,10,13,18,29H,8-9,11-12H2,1-5H3,(H,25,30). The molecular formula is C22H30F2N4O2. The van der Waals surface area contributed by atoms with Crippen LogP contribution in [0.2, 0.25) is 0 Å². The maximum Gasteiger partial charge on any atom is 0.272 e. The fourth-order valence-electron chi connectivity index (χ4n) is 3.62. The molecule has 2 unspecified atom stereocenters. The Labute approximate surface area is 175 Å². The number of aliphatic hydroxyl groups excluding tert-OH is 1. The molecule has 30 heavy (non-hydrogen) atoms. The number of hydrogen-bond donors (Lipinski definition) is 2. The molecule has 2 aromatic rings. The molecular weight excluding hydrogens is 390 g/mol. The minimum atomic E-state index is -0.956. The quantitative estimate of drug-likeness (QED) is 0.797. The molecule has 1 aromatic carbocycles. The molecule has 0 saturated heterocycles. The summed E-state index contributed by atoms with van der Waals surface area (Å²) >= 11 is 0. The third-order valence-electron chi connectivity index (χ3n) is 5.92. The van der Waals surface area contributed by atoms with E-state index in [-0.39, 0.29) is 23.6 Å². The van der Waals surface area contributed by atoms with Crippen molar-refractivity contribution in [3.63, 3.8) is 0 Å². The fourth-order valence-corrected chi connectivity index (χ4v) is 3.62. The third-order valence-corrected chi connectivity index (χ3v) is 5.92. The summed E-state index contributed by atoms with van der Waals surface area (Å²) in [7, 11) is 1.98. The van der Waals surface area contributed by atoms with Crippen LogP contribution < -0.4 is 5.32 Å². The van der Waals surface area contributed by atoms with Gasteiger partial charge >= 0.3 is 0 Å². The summed E-state index contributed by atoms with van der Waals surface area (Å²) in [6.07, 6.45) is 0.832. The summed E-state index contributed by atoms with van der Waals surface area (Å²) in [6.45, 7) is 8.83. The van der Waals surface area contributed by atoms with Crippen LogP contribution in [-0.4, -0.2) is 51.2 Å². The van der Waals surface area contributed by atoms with Crippen molar-refractivity contribution in [1.29, 1.82) is 0 Å². The Morgan fingerprint density at radius 1 is 1.33 bits per heavy atom. The number of carbonyl (C=O) groups is 1. The molecule has 1 amide bonds. The monoisotopic (exact) mass is 420 g/mol. The molecule has 0 bridgehead atoms. The summed E-state index contributed by atoms with van der Waals surface area (Å²) in [5.41, 5.74) is 1.05. The highest BCUT2D eigenvalue weighted by molar-refractivity contribution is 5.94. The zero-order valence-electron chi connectivity index (χ0n) is 18.2. The largest absolute Gasteiger partial charge is 0.394 e. The van der Waals surface area contributed by atoms with E-state index in [1.807, 2.05) is 32.4 Å². The molecule has 0 spiro atoms. The van der Waals surface area contributed by atoms with Crippen molar-refractivity contribution in [3.05, 3.63) is 41.2 Å². The highest BCUT2D eigenvalue weighted by Gasteiger charge is 2.31. The van der Waals surface area contributed by atoms with Gasteiger partial charge in [-0.2, -0.15) is 0 Å².